The van der Waals surface area contributed by atoms with Crippen LogP contribution in [-0.2, 0) is 9.59 Å². The summed E-state index contributed by atoms with van der Waals surface area (Å²) in [6, 6.07) is 0. The van der Waals surface area contributed by atoms with Crippen LogP contribution < -0.4 is 0 Å². The SMILES string of the molecule is CCCCCCCCCCCCN(C)C(=O)[C@@H](O)[C@H](O)[C@H](O)[C@@H](O)C(=O)O. The second kappa shape index (κ2) is 14.8. The molecule has 0 saturated heterocycles. The Morgan fingerprint density at radius 3 is 1.59 bits per heavy atom. The molecule has 0 aromatic heterocycles. The average molecular weight is 392 g/mol. The van der Waals surface area contributed by atoms with Gasteiger partial charge in [0.25, 0.3) is 5.91 Å². The summed E-state index contributed by atoms with van der Waals surface area (Å²) >= 11 is 0. The van der Waals surface area contributed by atoms with E-state index in [9.17, 15) is 30.0 Å². The number of hydrogen-bond acceptors (Lipinski definition) is 6. The van der Waals surface area contributed by atoms with Gasteiger partial charge < -0.3 is 30.4 Å². The summed E-state index contributed by atoms with van der Waals surface area (Å²) in [5.41, 5.74) is 0. The summed E-state index contributed by atoms with van der Waals surface area (Å²) in [5.74, 6) is -2.57. The van der Waals surface area contributed by atoms with Crippen LogP contribution in [0.1, 0.15) is 71.1 Å². The summed E-state index contributed by atoms with van der Waals surface area (Å²) < 4.78 is 0. The van der Waals surface area contributed by atoms with Crippen LogP contribution in [0.25, 0.3) is 0 Å². The molecule has 0 aromatic rings. The fourth-order valence-corrected chi connectivity index (χ4v) is 2.84. The quantitative estimate of drug-likeness (QED) is 0.246. The number of rotatable bonds is 16. The van der Waals surface area contributed by atoms with Crippen molar-refractivity contribution in [1.82, 2.24) is 4.90 Å². The first-order valence-electron chi connectivity index (χ1n) is 9.94. The predicted molar refractivity (Wildman–Crippen MR) is 101 cm³/mol. The van der Waals surface area contributed by atoms with Crippen LogP contribution in [0.15, 0.2) is 0 Å². The number of carboxylic acids is 1. The van der Waals surface area contributed by atoms with Gasteiger partial charge >= 0.3 is 5.97 Å². The number of amides is 1. The molecule has 0 fully saturated rings. The van der Waals surface area contributed by atoms with Gasteiger partial charge in [-0.05, 0) is 6.42 Å². The van der Waals surface area contributed by atoms with E-state index in [1.807, 2.05) is 0 Å². The third kappa shape index (κ3) is 10.6. The van der Waals surface area contributed by atoms with Gasteiger partial charge in [-0.15, -0.1) is 0 Å². The Balaban J connectivity index is 3.98. The van der Waals surface area contributed by atoms with Crippen LogP contribution in [0.5, 0.6) is 0 Å². The van der Waals surface area contributed by atoms with Gasteiger partial charge in [-0.2, -0.15) is 0 Å². The van der Waals surface area contributed by atoms with Crippen molar-refractivity contribution in [1.29, 1.82) is 0 Å². The van der Waals surface area contributed by atoms with Crippen LogP contribution >= 0.6 is 0 Å². The lowest BCUT2D eigenvalue weighted by molar-refractivity contribution is -0.169. The number of unbranched alkanes of at least 4 members (excludes halogenated alkanes) is 9. The summed E-state index contributed by atoms with van der Waals surface area (Å²) in [4.78, 5) is 23.9. The molecule has 27 heavy (non-hydrogen) atoms. The van der Waals surface area contributed by atoms with Crippen molar-refractivity contribution in [3.63, 3.8) is 0 Å². The van der Waals surface area contributed by atoms with Gasteiger partial charge in [-0.1, -0.05) is 64.7 Å². The van der Waals surface area contributed by atoms with Crippen LogP contribution in [0.4, 0.5) is 0 Å². The molecule has 160 valence electrons. The molecule has 0 aromatic carbocycles. The van der Waals surface area contributed by atoms with E-state index in [1.165, 1.54) is 50.5 Å². The van der Waals surface area contributed by atoms with Gasteiger partial charge in [0.1, 0.15) is 12.2 Å². The number of carbonyl (C=O) groups excluding carboxylic acids is 1. The molecule has 0 bridgehead atoms. The number of nitrogens with zero attached hydrogens (tertiary/aromatic N) is 1. The Morgan fingerprint density at radius 1 is 0.741 bits per heavy atom. The standard InChI is InChI=1S/C19H37NO7/c1-3-4-5-6-7-8-9-10-11-12-13-20(2)18(25)16(23)14(21)15(22)17(24)19(26)27/h14-17,21-24H,3-13H2,1-2H3,(H,26,27)/t14-,15+,16+,17-/m1/s1. The molecule has 0 spiro atoms. The van der Waals surface area contributed by atoms with Crippen molar-refractivity contribution < 1.29 is 35.1 Å². The van der Waals surface area contributed by atoms with Crippen LogP contribution in [0.3, 0.4) is 0 Å². The zero-order valence-corrected chi connectivity index (χ0v) is 16.6. The maximum atomic E-state index is 12.0. The first kappa shape index (κ1) is 25.8. The molecule has 0 aliphatic carbocycles. The minimum atomic E-state index is -2.28. The number of carboxylic acid groups (broad SMARTS) is 1. The number of hydrogen-bond donors (Lipinski definition) is 5. The number of aliphatic carboxylic acids is 1. The summed E-state index contributed by atoms with van der Waals surface area (Å²) in [7, 11) is 1.46. The average Bonchev–Trinajstić information content (AvgIpc) is 2.66. The zero-order valence-electron chi connectivity index (χ0n) is 16.6. The summed E-state index contributed by atoms with van der Waals surface area (Å²) in [5, 5.41) is 46.8. The Morgan fingerprint density at radius 2 is 1.15 bits per heavy atom. The molecule has 4 atom stereocenters. The Bertz CT molecular complexity index is 419. The highest BCUT2D eigenvalue weighted by Crippen LogP contribution is 2.12. The molecule has 5 N–H and O–H groups in total. The molecule has 0 aliphatic rings. The molecule has 0 unspecified atom stereocenters. The molecule has 0 rings (SSSR count). The van der Waals surface area contributed by atoms with Crippen molar-refractivity contribution in [3.05, 3.63) is 0 Å². The van der Waals surface area contributed by atoms with E-state index in [0.29, 0.717) is 6.54 Å². The second-order valence-electron chi connectivity index (χ2n) is 7.15. The Kier molecular flexibility index (Phi) is 14.1. The first-order chi connectivity index (χ1) is 12.7. The van der Waals surface area contributed by atoms with Gasteiger partial charge in [0, 0.05) is 13.6 Å². The largest absolute Gasteiger partial charge is 0.479 e. The molecule has 0 saturated carbocycles. The van der Waals surface area contributed by atoms with Gasteiger partial charge in [-0.25, -0.2) is 4.79 Å². The molecule has 0 radical (unpaired) electrons. The molecule has 0 aliphatic heterocycles. The fraction of sp³-hybridized carbons (Fsp3) is 0.895. The minimum absolute atomic E-state index is 0.386. The van der Waals surface area contributed by atoms with Crippen LogP contribution in [0.2, 0.25) is 0 Å². The molecular weight excluding hydrogens is 354 g/mol. The smallest absolute Gasteiger partial charge is 0.335 e. The molecule has 8 nitrogen and oxygen atoms in total. The zero-order chi connectivity index (χ0) is 20.8. The normalized spacial score (nSPS) is 15.8. The lowest BCUT2D eigenvalue weighted by atomic mass is 10.0. The highest BCUT2D eigenvalue weighted by molar-refractivity contribution is 5.81. The fourth-order valence-electron chi connectivity index (χ4n) is 2.84. The third-order valence-corrected chi connectivity index (χ3v) is 4.73. The number of aliphatic hydroxyl groups is 4. The number of aliphatic hydroxyl groups excluding tert-OH is 4. The topological polar surface area (TPSA) is 139 Å². The van der Waals surface area contributed by atoms with Gasteiger partial charge in [0.05, 0.1) is 0 Å². The maximum absolute atomic E-state index is 12.0. The van der Waals surface area contributed by atoms with Crippen molar-refractivity contribution in [2.24, 2.45) is 0 Å². The van der Waals surface area contributed by atoms with Gasteiger partial charge in [0.2, 0.25) is 0 Å². The van der Waals surface area contributed by atoms with E-state index in [0.717, 1.165) is 25.7 Å². The third-order valence-electron chi connectivity index (χ3n) is 4.73. The molecule has 1 amide bonds. The minimum Gasteiger partial charge on any atom is -0.479 e. The van der Waals surface area contributed by atoms with E-state index in [2.05, 4.69) is 6.92 Å². The van der Waals surface area contributed by atoms with Crippen LogP contribution in [0, 0.1) is 0 Å². The van der Waals surface area contributed by atoms with E-state index >= 15 is 0 Å². The van der Waals surface area contributed by atoms with E-state index in [-0.39, 0.29) is 0 Å². The number of likely N-dealkylation sites (N-methyl/N-ethyl adjacent to an activating group) is 1. The lowest BCUT2D eigenvalue weighted by Gasteiger charge is -2.27. The van der Waals surface area contributed by atoms with E-state index in [1.54, 1.807) is 0 Å². The van der Waals surface area contributed by atoms with Gasteiger partial charge in [0.15, 0.2) is 12.2 Å². The van der Waals surface area contributed by atoms with Crippen molar-refractivity contribution in [3.8, 4) is 0 Å². The maximum Gasteiger partial charge on any atom is 0.335 e. The van der Waals surface area contributed by atoms with E-state index in [4.69, 9.17) is 5.11 Å². The summed E-state index contributed by atoms with van der Waals surface area (Å²) in [6.45, 7) is 2.58. The van der Waals surface area contributed by atoms with Gasteiger partial charge in [-0.3, -0.25) is 4.79 Å². The van der Waals surface area contributed by atoms with E-state index < -0.39 is 36.3 Å². The molecule has 0 heterocycles. The van der Waals surface area contributed by atoms with Crippen LogP contribution in [-0.4, -0.2) is 80.3 Å². The predicted octanol–water partition coefficient (Wildman–Crippen LogP) is 0.894. The molecular formula is C19H37NO7. The lowest BCUT2D eigenvalue weighted by Crippen LogP contribution is -2.52. The Labute approximate surface area is 161 Å². The monoisotopic (exact) mass is 391 g/mol. The Hall–Kier alpha value is -1.22. The second-order valence-corrected chi connectivity index (χ2v) is 7.15. The highest BCUT2D eigenvalue weighted by atomic mass is 16.4. The van der Waals surface area contributed by atoms with Crippen molar-refractivity contribution in [2.75, 3.05) is 13.6 Å². The molecule has 8 heteroatoms. The highest BCUT2D eigenvalue weighted by Gasteiger charge is 2.38. The first-order valence-corrected chi connectivity index (χ1v) is 9.94. The summed E-state index contributed by atoms with van der Waals surface area (Å²) in [6.07, 6.45) is 3.01. The van der Waals surface area contributed by atoms with Crippen molar-refractivity contribution in [2.45, 2.75) is 95.5 Å². The van der Waals surface area contributed by atoms with Crippen molar-refractivity contribution >= 4 is 11.9 Å². The number of carbonyl (C=O) groups is 2.